The van der Waals surface area contributed by atoms with Crippen molar-refractivity contribution in [3.63, 3.8) is 0 Å². The molecule has 8 heteroatoms. The summed E-state index contributed by atoms with van der Waals surface area (Å²) in [7, 11) is -1.56. The highest BCUT2D eigenvalue weighted by Gasteiger charge is 2.41. The van der Waals surface area contributed by atoms with Gasteiger partial charge in [-0.3, -0.25) is 4.79 Å². The van der Waals surface area contributed by atoms with Crippen LogP contribution < -0.4 is 16.0 Å². The lowest BCUT2D eigenvalue weighted by molar-refractivity contribution is -0.123. The maximum atomic E-state index is 13.3. The van der Waals surface area contributed by atoms with Crippen molar-refractivity contribution in [2.45, 2.75) is 86.2 Å². The van der Waals surface area contributed by atoms with Crippen molar-refractivity contribution >= 4 is 15.7 Å². The first-order valence-electron chi connectivity index (χ1n) is 13.0. The number of carbonyl (C=O) groups is 1. The molecule has 0 spiro atoms. The minimum absolute atomic E-state index is 0.0334. The standard InChI is InChI=1S/C26H39N3O4S/c1-33-21-6-4-19-13-23(9-5-18(19)12-21)34(31,32)22-7-2-17(3-8-22)15-28-26(30)25-14-20-16-27-11-10-24(20)29-25/h2-3,7-8,18-21,23-25,27,29H,4-6,9-16H2,1H3,(H,28,30). The lowest BCUT2D eigenvalue weighted by atomic mass is 9.70. The van der Waals surface area contributed by atoms with Crippen molar-refractivity contribution in [3.8, 4) is 0 Å². The van der Waals surface area contributed by atoms with Crippen molar-refractivity contribution in [2.75, 3.05) is 20.2 Å². The molecule has 2 heterocycles. The number of fused-ring (bicyclic) bond motifs is 2. The molecule has 5 rings (SSSR count). The second-order valence-corrected chi connectivity index (χ2v) is 13.1. The first-order valence-corrected chi connectivity index (χ1v) is 14.6. The fraction of sp³-hybridized carbons (Fsp3) is 0.731. The largest absolute Gasteiger partial charge is 0.381 e. The fourth-order valence-electron chi connectivity index (χ4n) is 6.80. The van der Waals surface area contributed by atoms with E-state index in [-0.39, 0.29) is 17.2 Å². The molecule has 34 heavy (non-hydrogen) atoms. The third kappa shape index (κ3) is 5.06. The summed E-state index contributed by atoms with van der Waals surface area (Å²) in [5.74, 6) is 1.66. The molecule has 1 aromatic rings. The van der Waals surface area contributed by atoms with E-state index in [2.05, 4.69) is 16.0 Å². The number of piperidine rings is 1. The molecule has 2 saturated heterocycles. The van der Waals surface area contributed by atoms with E-state index in [0.29, 0.717) is 41.3 Å². The highest BCUT2D eigenvalue weighted by Crippen LogP contribution is 2.44. The van der Waals surface area contributed by atoms with Gasteiger partial charge in [0.25, 0.3) is 0 Å². The zero-order chi connectivity index (χ0) is 23.7. The summed E-state index contributed by atoms with van der Waals surface area (Å²) in [6.45, 7) is 2.40. The van der Waals surface area contributed by atoms with Gasteiger partial charge in [-0.05, 0) is 99.9 Å². The van der Waals surface area contributed by atoms with Gasteiger partial charge < -0.3 is 20.7 Å². The summed E-state index contributed by atoms with van der Waals surface area (Å²) in [6, 6.07) is 7.43. The number of methoxy groups -OCH3 is 1. The lowest BCUT2D eigenvalue weighted by Crippen LogP contribution is -2.45. The molecule has 1 amide bonds. The summed E-state index contributed by atoms with van der Waals surface area (Å²) in [6.07, 6.45) is 7.95. The number of sulfone groups is 1. The minimum Gasteiger partial charge on any atom is -0.381 e. The molecule has 7 atom stereocenters. The second-order valence-electron chi connectivity index (χ2n) is 10.8. The number of hydrogen-bond donors (Lipinski definition) is 3. The molecule has 2 aliphatic carbocycles. The highest BCUT2D eigenvalue weighted by atomic mass is 32.2. The van der Waals surface area contributed by atoms with Crippen LogP contribution >= 0.6 is 0 Å². The third-order valence-corrected chi connectivity index (χ3v) is 11.1. The van der Waals surface area contributed by atoms with E-state index in [1.807, 2.05) is 12.1 Å². The molecule has 0 bridgehead atoms. The van der Waals surface area contributed by atoms with Gasteiger partial charge in [-0.1, -0.05) is 12.1 Å². The molecular formula is C26H39N3O4S. The number of carbonyl (C=O) groups excluding carboxylic acids is 1. The predicted octanol–water partition coefficient (Wildman–Crippen LogP) is 2.40. The van der Waals surface area contributed by atoms with E-state index in [9.17, 15) is 13.2 Å². The summed E-state index contributed by atoms with van der Waals surface area (Å²) in [5.41, 5.74) is 0.922. The van der Waals surface area contributed by atoms with Gasteiger partial charge in [-0.2, -0.15) is 0 Å². The second kappa shape index (κ2) is 10.2. The SMILES string of the molecule is COC1CCC2CC(S(=O)(=O)c3ccc(CNC(=O)C4CC5CNCCC5N4)cc3)CCC2C1. The average Bonchev–Trinajstić information content (AvgIpc) is 3.31. The summed E-state index contributed by atoms with van der Waals surface area (Å²) in [4.78, 5) is 13.1. The molecule has 0 radical (unpaired) electrons. The zero-order valence-electron chi connectivity index (χ0n) is 20.2. The Morgan fingerprint density at radius 1 is 1.00 bits per heavy atom. The van der Waals surface area contributed by atoms with E-state index in [0.717, 1.165) is 70.0 Å². The number of amides is 1. The molecule has 2 aliphatic heterocycles. The molecule has 7 nitrogen and oxygen atoms in total. The number of nitrogens with one attached hydrogen (secondary N) is 3. The van der Waals surface area contributed by atoms with Crippen LogP contribution in [0.3, 0.4) is 0 Å². The van der Waals surface area contributed by atoms with Gasteiger partial charge in [0, 0.05) is 19.7 Å². The smallest absolute Gasteiger partial charge is 0.237 e. The summed E-state index contributed by atoms with van der Waals surface area (Å²) < 4.78 is 32.2. The van der Waals surface area contributed by atoms with Crippen LogP contribution in [0, 0.1) is 17.8 Å². The van der Waals surface area contributed by atoms with Crippen LogP contribution in [0.5, 0.6) is 0 Å². The molecule has 4 fully saturated rings. The number of hydrogen-bond acceptors (Lipinski definition) is 6. The molecule has 1 aromatic carbocycles. The van der Waals surface area contributed by atoms with Gasteiger partial charge in [0.2, 0.25) is 5.91 Å². The average molecular weight is 490 g/mol. The van der Waals surface area contributed by atoms with E-state index < -0.39 is 9.84 Å². The van der Waals surface area contributed by atoms with Crippen molar-refractivity contribution < 1.29 is 17.9 Å². The molecule has 7 unspecified atom stereocenters. The lowest BCUT2D eigenvalue weighted by Gasteiger charge is -2.41. The Morgan fingerprint density at radius 3 is 2.53 bits per heavy atom. The molecular weight excluding hydrogens is 450 g/mol. The van der Waals surface area contributed by atoms with Crippen LogP contribution in [-0.4, -0.2) is 58.0 Å². The Bertz CT molecular complexity index is 953. The summed E-state index contributed by atoms with van der Waals surface area (Å²) in [5, 5.41) is 9.63. The van der Waals surface area contributed by atoms with Gasteiger partial charge in [0.05, 0.1) is 22.3 Å². The molecule has 4 aliphatic rings. The molecule has 2 saturated carbocycles. The quantitative estimate of drug-likeness (QED) is 0.568. The van der Waals surface area contributed by atoms with Crippen molar-refractivity contribution in [1.82, 2.24) is 16.0 Å². The maximum absolute atomic E-state index is 13.3. The van der Waals surface area contributed by atoms with E-state index in [1.54, 1.807) is 19.2 Å². The number of benzene rings is 1. The van der Waals surface area contributed by atoms with E-state index in [1.165, 1.54) is 0 Å². The Morgan fingerprint density at radius 2 is 1.76 bits per heavy atom. The van der Waals surface area contributed by atoms with Crippen molar-refractivity contribution in [1.29, 1.82) is 0 Å². The fourth-order valence-corrected chi connectivity index (χ4v) is 8.65. The highest BCUT2D eigenvalue weighted by molar-refractivity contribution is 7.92. The Hall–Kier alpha value is -1.48. The first-order chi connectivity index (χ1) is 16.4. The zero-order valence-corrected chi connectivity index (χ0v) is 21.0. The van der Waals surface area contributed by atoms with E-state index in [4.69, 9.17) is 4.74 Å². The number of rotatable bonds is 6. The molecule has 3 N–H and O–H groups in total. The molecule has 188 valence electrons. The van der Waals surface area contributed by atoms with Gasteiger partial charge in [-0.15, -0.1) is 0 Å². The topological polar surface area (TPSA) is 96.5 Å². The van der Waals surface area contributed by atoms with E-state index >= 15 is 0 Å². The first kappa shape index (κ1) is 24.2. The van der Waals surface area contributed by atoms with Crippen LogP contribution in [0.1, 0.15) is 56.9 Å². The van der Waals surface area contributed by atoms with Crippen LogP contribution in [0.15, 0.2) is 29.2 Å². The summed E-state index contributed by atoms with van der Waals surface area (Å²) >= 11 is 0. The van der Waals surface area contributed by atoms with Gasteiger partial charge in [0.1, 0.15) is 0 Å². The third-order valence-electron chi connectivity index (χ3n) is 8.89. The Labute approximate surface area is 203 Å². The van der Waals surface area contributed by atoms with Gasteiger partial charge in [-0.25, -0.2) is 8.42 Å². The van der Waals surface area contributed by atoms with Gasteiger partial charge in [0.15, 0.2) is 9.84 Å². The van der Waals surface area contributed by atoms with Crippen molar-refractivity contribution in [3.05, 3.63) is 29.8 Å². The van der Waals surface area contributed by atoms with Crippen molar-refractivity contribution in [2.24, 2.45) is 17.8 Å². The Balaban J connectivity index is 1.14. The monoisotopic (exact) mass is 489 g/mol. The number of ether oxygens (including phenoxy) is 1. The van der Waals surface area contributed by atoms with Crippen LogP contribution in [0.2, 0.25) is 0 Å². The maximum Gasteiger partial charge on any atom is 0.237 e. The van der Waals surface area contributed by atoms with Crippen LogP contribution in [0.25, 0.3) is 0 Å². The van der Waals surface area contributed by atoms with Crippen LogP contribution in [0.4, 0.5) is 0 Å². The molecule has 0 aromatic heterocycles. The van der Waals surface area contributed by atoms with Crippen LogP contribution in [-0.2, 0) is 25.9 Å². The normalized spacial score (nSPS) is 35.9. The van der Waals surface area contributed by atoms with Gasteiger partial charge >= 0.3 is 0 Å². The minimum atomic E-state index is -3.34. The predicted molar refractivity (Wildman–Crippen MR) is 131 cm³/mol. The Kier molecular flexibility index (Phi) is 7.30.